The Morgan fingerprint density at radius 1 is 1.18 bits per heavy atom. The van der Waals surface area contributed by atoms with E-state index < -0.39 is 0 Å². The summed E-state index contributed by atoms with van der Waals surface area (Å²) >= 11 is 0. The predicted octanol–water partition coefficient (Wildman–Crippen LogP) is 5.49. The number of hydrogen-bond acceptors (Lipinski definition) is 5. The van der Waals surface area contributed by atoms with E-state index in [2.05, 4.69) is 42.5 Å². The predicted molar refractivity (Wildman–Crippen MR) is 137 cm³/mol. The molecule has 1 unspecified atom stereocenters. The Labute approximate surface area is 202 Å². The Hall–Kier alpha value is -2.96. The van der Waals surface area contributed by atoms with Gasteiger partial charge >= 0.3 is 0 Å². The lowest BCUT2D eigenvalue weighted by atomic mass is 9.97. The normalized spacial score (nSPS) is 16.1. The summed E-state index contributed by atoms with van der Waals surface area (Å²) in [6.45, 7) is 11.7. The molecule has 1 atom stereocenters. The van der Waals surface area contributed by atoms with E-state index in [-0.39, 0.29) is 17.4 Å². The Balaban J connectivity index is 1.38. The van der Waals surface area contributed by atoms with Crippen LogP contribution in [0.5, 0.6) is 5.75 Å². The molecule has 0 spiro atoms. The summed E-state index contributed by atoms with van der Waals surface area (Å²) in [5, 5.41) is 7.59. The van der Waals surface area contributed by atoms with E-state index in [1.807, 2.05) is 37.4 Å². The van der Waals surface area contributed by atoms with Crippen LogP contribution in [0.2, 0.25) is 0 Å². The van der Waals surface area contributed by atoms with E-state index in [0.717, 1.165) is 66.0 Å². The van der Waals surface area contributed by atoms with Gasteiger partial charge in [-0.3, -0.25) is 9.78 Å². The molecule has 4 rings (SSSR count). The standard InChI is InChI=1S/C28H35N3O3/c1-19-25(12-9-22-14-20(16-30-26(19)22)15-29-18-28(2,3)4)31-27(32)21-7-10-23(11-8-21)34-17-24-6-5-13-33-24/h7-12,14,16,24,29H,5-6,13,15,17-18H2,1-4H3,(H,31,32). The summed E-state index contributed by atoms with van der Waals surface area (Å²) in [5.74, 6) is 0.585. The number of carbonyl (C=O) groups is 1. The number of aryl methyl sites for hydroxylation is 1. The van der Waals surface area contributed by atoms with Crippen molar-refractivity contribution in [2.45, 2.75) is 53.2 Å². The molecular formula is C28H35N3O3. The number of fused-ring (bicyclic) bond motifs is 1. The Morgan fingerprint density at radius 3 is 2.68 bits per heavy atom. The van der Waals surface area contributed by atoms with Crippen molar-refractivity contribution in [2.24, 2.45) is 5.41 Å². The van der Waals surface area contributed by atoms with Crippen LogP contribution < -0.4 is 15.4 Å². The second-order valence-electron chi connectivity index (χ2n) is 10.2. The monoisotopic (exact) mass is 461 g/mol. The van der Waals surface area contributed by atoms with Gasteiger partial charge in [-0.25, -0.2) is 0 Å². The summed E-state index contributed by atoms with van der Waals surface area (Å²) in [7, 11) is 0. The van der Waals surface area contributed by atoms with Crippen LogP contribution in [-0.2, 0) is 11.3 Å². The average molecular weight is 462 g/mol. The first-order valence-corrected chi connectivity index (χ1v) is 12.0. The molecule has 180 valence electrons. The lowest BCUT2D eigenvalue weighted by molar-refractivity contribution is 0.0679. The number of aromatic nitrogens is 1. The van der Waals surface area contributed by atoms with Crippen molar-refractivity contribution in [1.82, 2.24) is 10.3 Å². The highest BCUT2D eigenvalue weighted by Gasteiger charge is 2.16. The van der Waals surface area contributed by atoms with Crippen molar-refractivity contribution in [2.75, 3.05) is 25.1 Å². The molecule has 1 saturated heterocycles. The van der Waals surface area contributed by atoms with Crippen molar-refractivity contribution < 1.29 is 14.3 Å². The molecule has 0 radical (unpaired) electrons. The number of carbonyl (C=O) groups excluding carboxylic acids is 1. The van der Waals surface area contributed by atoms with Crippen LogP contribution in [0.1, 0.15) is 55.1 Å². The highest BCUT2D eigenvalue weighted by Crippen LogP contribution is 2.25. The number of benzene rings is 2. The minimum atomic E-state index is -0.156. The second-order valence-corrected chi connectivity index (χ2v) is 10.2. The Kier molecular flexibility index (Phi) is 7.49. The average Bonchev–Trinajstić information content (AvgIpc) is 3.33. The first-order valence-electron chi connectivity index (χ1n) is 12.0. The zero-order valence-electron chi connectivity index (χ0n) is 20.6. The van der Waals surface area contributed by atoms with E-state index in [4.69, 9.17) is 9.47 Å². The molecule has 2 N–H and O–H groups in total. The van der Waals surface area contributed by atoms with Gasteiger partial charge in [0.2, 0.25) is 0 Å². The summed E-state index contributed by atoms with van der Waals surface area (Å²) in [6, 6.07) is 13.3. The van der Waals surface area contributed by atoms with Gasteiger partial charge in [-0.2, -0.15) is 0 Å². The van der Waals surface area contributed by atoms with Gasteiger partial charge in [-0.05, 0) is 72.7 Å². The number of nitrogens with zero attached hydrogens (tertiary/aromatic N) is 1. The van der Waals surface area contributed by atoms with Gasteiger partial charge in [0.25, 0.3) is 5.91 Å². The van der Waals surface area contributed by atoms with E-state index in [9.17, 15) is 4.79 Å². The molecule has 6 heteroatoms. The molecule has 0 aliphatic carbocycles. The number of hydrogen-bond donors (Lipinski definition) is 2. The van der Waals surface area contributed by atoms with Crippen molar-refractivity contribution in [3.05, 3.63) is 65.4 Å². The number of rotatable bonds is 8. The molecule has 0 bridgehead atoms. The summed E-state index contributed by atoms with van der Waals surface area (Å²) in [6.07, 6.45) is 4.21. The molecule has 2 aromatic carbocycles. The van der Waals surface area contributed by atoms with Crippen LogP contribution >= 0.6 is 0 Å². The maximum atomic E-state index is 12.8. The molecule has 1 aromatic heterocycles. The van der Waals surface area contributed by atoms with Crippen molar-refractivity contribution in [1.29, 1.82) is 0 Å². The maximum Gasteiger partial charge on any atom is 0.255 e. The molecule has 0 saturated carbocycles. The Bertz CT molecular complexity index is 1130. The van der Waals surface area contributed by atoms with E-state index in [0.29, 0.717) is 12.2 Å². The van der Waals surface area contributed by atoms with Gasteiger partial charge in [0.15, 0.2) is 0 Å². The van der Waals surface area contributed by atoms with Gasteiger partial charge in [0, 0.05) is 42.5 Å². The van der Waals surface area contributed by atoms with Crippen molar-refractivity contribution in [3.63, 3.8) is 0 Å². The van der Waals surface area contributed by atoms with Gasteiger partial charge in [-0.15, -0.1) is 0 Å². The molecule has 3 aromatic rings. The topological polar surface area (TPSA) is 72.5 Å². The van der Waals surface area contributed by atoms with E-state index in [1.165, 1.54) is 0 Å². The van der Waals surface area contributed by atoms with Gasteiger partial charge in [0.1, 0.15) is 12.4 Å². The molecule has 2 heterocycles. The highest BCUT2D eigenvalue weighted by atomic mass is 16.5. The first kappa shape index (κ1) is 24.2. The van der Waals surface area contributed by atoms with Crippen molar-refractivity contribution >= 4 is 22.5 Å². The molecule has 1 fully saturated rings. The number of amides is 1. The lowest BCUT2D eigenvalue weighted by Gasteiger charge is -2.19. The van der Waals surface area contributed by atoms with E-state index in [1.54, 1.807) is 12.1 Å². The summed E-state index contributed by atoms with van der Waals surface area (Å²) < 4.78 is 11.4. The number of anilines is 1. The highest BCUT2D eigenvalue weighted by molar-refractivity contribution is 6.06. The third kappa shape index (κ3) is 6.33. The first-order chi connectivity index (χ1) is 16.3. The fraction of sp³-hybridized carbons (Fsp3) is 0.429. The van der Waals surface area contributed by atoms with Crippen molar-refractivity contribution in [3.8, 4) is 5.75 Å². The second kappa shape index (κ2) is 10.5. The minimum Gasteiger partial charge on any atom is -0.491 e. The molecule has 6 nitrogen and oxygen atoms in total. The van der Waals surface area contributed by atoms with Gasteiger partial charge in [-0.1, -0.05) is 26.8 Å². The SMILES string of the molecule is Cc1c(NC(=O)c2ccc(OCC3CCCO3)cc2)ccc2cc(CNCC(C)(C)C)cnc12. The third-order valence-corrected chi connectivity index (χ3v) is 5.97. The lowest BCUT2D eigenvalue weighted by Crippen LogP contribution is -2.26. The zero-order valence-corrected chi connectivity index (χ0v) is 20.6. The van der Waals surface area contributed by atoms with Crippen LogP contribution in [0.4, 0.5) is 5.69 Å². The fourth-order valence-electron chi connectivity index (χ4n) is 4.07. The Morgan fingerprint density at radius 2 is 1.97 bits per heavy atom. The summed E-state index contributed by atoms with van der Waals surface area (Å²) in [4.78, 5) is 17.5. The minimum absolute atomic E-state index is 0.156. The quantitative estimate of drug-likeness (QED) is 0.464. The van der Waals surface area contributed by atoms with Crippen LogP contribution in [0.3, 0.4) is 0 Å². The van der Waals surface area contributed by atoms with Gasteiger partial charge < -0.3 is 20.1 Å². The van der Waals surface area contributed by atoms with Crippen LogP contribution in [0, 0.1) is 12.3 Å². The fourth-order valence-corrected chi connectivity index (χ4v) is 4.07. The summed E-state index contributed by atoms with van der Waals surface area (Å²) in [5.41, 5.74) is 4.59. The van der Waals surface area contributed by atoms with Crippen LogP contribution in [0.25, 0.3) is 10.9 Å². The third-order valence-electron chi connectivity index (χ3n) is 5.97. The molecule has 34 heavy (non-hydrogen) atoms. The van der Waals surface area contributed by atoms with Crippen LogP contribution in [-0.4, -0.2) is 36.8 Å². The molecule has 1 aliphatic heterocycles. The molecular weight excluding hydrogens is 426 g/mol. The van der Waals surface area contributed by atoms with Crippen LogP contribution in [0.15, 0.2) is 48.7 Å². The number of nitrogens with one attached hydrogen (secondary N) is 2. The number of ether oxygens (including phenoxy) is 2. The molecule has 1 aliphatic rings. The largest absolute Gasteiger partial charge is 0.491 e. The number of pyridine rings is 1. The molecule has 1 amide bonds. The van der Waals surface area contributed by atoms with E-state index >= 15 is 0 Å². The smallest absolute Gasteiger partial charge is 0.255 e. The maximum absolute atomic E-state index is 12.8. The zero-order chi connectivity index (χ0) is 24.1. The van der Waals surface area contributed by atoms with Gasteiger partial charge in [0.05, 0.1) is 11.6 Å².